The van der Waals surface area contributed by atoms with Crippen molar-refractivity contribution in [2.75, 3.05) is 13.2 Å². The number of aliphatic hydroxyl groups excluding tert-OH is 1. The largest absolute Gasteiger partial charge is 0.480 e. The third-order valence-corrected chi connectivity index (χ3v) is 2.87. The van der Waals surface area contributed by atoms with E-state index < -0.39 is 18.2 Å². The van der Waals surface area contributed by atoms with Crippen molar-refractivity contribution in [3.05, 3.63) is 28.8 Å². The van der Waals surface area contributed by atoms with Crippen LogP contribution in [0.1, 0.15) is 23.7 Å². The zero-order chi connectivity index (χ0) is 16.0. The molecule has 1 aromatic rings. The fourth-order valence-electron chi connectivity index (χ4n) is 1.38. The van der Waals surface area contributed by atoms with Crippen molar-refractivity contribution < 1.29 is 27.8 Å². The van der Waals surface area contributed by atoms with E-state index in [0.29, 0.717) is 6.42 Å². The predicted octanol–water partition coefficient (Wildman–Crippen LogP) is 2.78. The van der Waals surface area contributed by atoms with Crippen LogP contribution in [0, 0.1) is 0 Å². The number of ether oxygens (including phenoxy) is 1. The smallest absolute Gasteiger partial charge is 0.425 e. The first kappa shape index (κ1) is 17.6. The molecule has 0 aromatic heterocycles. The van der Waals surface area contributed by atoms with Gasteiger partial charge in [0.1, 0.15) is 5.75 Å². The van der Waals surface area contributed by atoms with Gasteiger partial charge < -0.3 is 15.2 Å². The molecule has 4 nitrogen and oxygen atoms in total. The van der Waals surface area contributed by atoms with E-state index in [0.717, 1.165) is 6.92 Å². The van der Waals surface area contributed by atoms with Crippen LogP contribution in [0.25, 0.3) is 0 Å². The number of alkyl halides is 3. The van der Waals surface area contributed by atoms with Crippen LogP contribution in [0.3, 0.4) is 0 Å². The van der Waals surface area contributed by atoms with Crippen molar-refractivity contribution in [1.82, 2.24) is 5.32 Å². The zero-order valence-electron chi connectivity index (χ0n) is 11.2. The molecular formula is C13H15ClF3NO3. The number of carbonyl (C=O) groups excluding carboxylic acids is 1. The first-order valence-corrected chi connectivity index (χ1v) is 6.55. The third-order valence-electron chi connectivity index (χ3n) is 2.58. The summed E-state index contributed by atoms with van der Waals surface area (Å²) in [5.74, 6) is -0.575. The van der Waals surface area contributed by atoms with Crippen LogP contribution in [0.2, 0.25) is 5.02 Å². The molecule has 0 unspecified atom stereocenters. The fourth-order valence-corrected chi connectivity index (χ4v) is 1.60. The summed E-state index contributed by atoms with van der Waals surface area (Å²) < 4.78 is 41.9. The van der Waals surface area contributed by atoms with Crippen molar-refractivity contribution in [2.45, 2.75) is 25.6 Å². The Morgan fingerprint density at radius 2 is 2.14 bits per heavy atom. The molecule has 0 saturated carbocycles. The van der Waals surface area contributed by atoms with Crippen LogP contribution in [0.5, 0.6) is 5.75 Å². The highest BCUT2D eigenvalue weighted by atomic mass is 35.5. The molecule has 1 atom stereocenters. The first-order valence-electron chi connectivity index (χ1n) is 6.17. The van der Waals surface area contributed by atoms with Crippen LogP contribution >= 0.6 is 11.6 Å². The van der Waals surface area contributed by atoms with Crippen LogP contribution < -0.4 is 10.1 Å². The Bertz CT molecular complexity index is 494. The molecule has 8 heteroatoms. The summed E-state index contributed by atoms with van der Waals surface area (Å²) in [6, 6.07) is 3.76. The van der Waals surface area contributed by atoms with Gasteiger partial charge in [0.05, 0.1) is 5.02 Å². The Balaban J connectivity index is 2.74. The Hall–Kier alpha value is -1.47. The van der Waals surface area contributed by atoms with Gasteiger partial charge in [-0.05, 0) is 31.5 Å². The minimum atomic E-state index is -4.50. The molecule has 0 spiro atoms. The molecule has 0 heterocycles. The molecule has 0 bridgehead atoms. The van der Waals surface area contributed by atoms with E-state index in [1.807, 2.05) is 0 Å². The Kier molecular flexibility index (Phi) is 6.29. The van der Waals surface area contributed by atoms with E-state index in [1.165, 1.54) is 18.2 Å². The minimum Gasteiger partial charge on any atom is -0.480 e. The molecule has 118 valence electrons. The number of benzene rings is 1. The first-order chi connectivity index (χ1) is 9.75. The van der Waals surface area contributed by atoms with Gasteiger partial charge in [-0.15, -0.1) is 0 Å². The van der Waals surface area contributed by atoms with Crippen molar-refractivity contribution >= 4 is 17.5 Å². The lowest BCUT2D eigenvalue weighted by Gasteiger charge is -2.18. The Morgan fingerprint density at radius 1 is 1.48 bits per heavy atom. The fraction of sp³-hybridized carbons (Fsp3) is 0.462. The molecule has 1 aromatic carbocycles. The summed E-state index contributed by atoms with van der Waals surface area (Å²) in [5.41, 5.74) is 0.199. The molecule has 0 saturated heterocycles. The second kappa shape index (κ2) is 7.51. The zero-order valence-corrected chi connectivity index (χ0v) is 12.0. The second-order valence-electron chi connectivity index (χ2n) is 4.28. The van der Waals surface area contributed by atoms with E-state index in [9.17, 15) is 18.0 Å². The molecule has 0 aliphatic heterocycles. The maximum Gasteiger partial charge on any atom is 0.425 e. The van der Waals surface area contributed by atoms with Crippen molar-refractivity contribution in [1.29, 1.82) is 0 Å². The lowest BCUT2D eigenvalue weighted by Crippen LogP contribution is -2.31. The van der Waals surface area contributed by atoms with Crippen LogP contribution in [0.4, 0.5) is 13.2 Å². The molecule has 0 fully saturated rings. The lowest BCUT2D eigenvalue weighted by atomic mass is 10.2. The number of nitrogens with one attached hydrogen (secondary N) is 1. The quantitative estimate of drug-likeness (QED) is 0.791. The standard InChI is InChI=1S/C13H15ClF3NO3/c1-8(13(15,16)17)21-11-4-3-9(7-10(11)14)12(20)18-5-2-6-19/h3-4,7-8,19H,2,5-6H2,1H3,(H,18,20)/t8-/m1/s1. The summed E-state index contributed by atoms with van der Waals surface area (Å²) in [7, 11) is 0. The number of aliphatic hydroxyl groups is 1. The van der Waals surface area contributed by atoms with Gasteiger partial charge in [0.25, 0.3) is 5.91 Å². The Morgan fingerprint density at radius 3 is 2.67 bits per heavy atom. The third kappa shape index (κ3) is 5.43. The van der Waals surface area contributed by atoms with E-state index >= 15 is 0 Å². The SMILES string of the molecule is C[C@@H](Oc1ccc(C(=O)NCCCO)cc1Cl)C(F)(F)F. The summed E-state index contributed by atoms with van der Waals surface area (Å²) in [6.45, 7) is 1.10. The summed E-state index contributed by atoms with van der Waals surface area (Å²) in [6.07, 6.45) is -6.09. The molecule has 2 N–H and O–H groups in total. The number of carbonyl (C=O) groups is 1. The van der Waals surface area contributed by atoms with Gasteiger partial charge >= 0.3 is 6.18 Å². The van der Waals surface area contributed by atoms with E-state index in [4.69, 9.17) is 21.4 Å². The molecule has 1 rings (SSSR count). The maximum absolute atomic E-state index is 12.4. The Labute approximate surface area is 124 Å². The van der Waals surface area contributed by atoms with Gasteiger partial charge in [-0.1, -0.05) is 11.6 Å². The monoisotopic (exact) mass is 325 g/mol. The number of hydrogen-bond acceptors (Lipinski definition) is 3. The van der Waals surface area contributed by atoms with Crippen molar-refractivity contribution in [2.24, 2.45) is 0 Å². The van der Waals surface area contributed by atoms with Gasteiger partial charge in [-0.2, -0.15) is 13.2 Å². The van der Waals surface area contributed by atoms with E-state index in [-0.39, 0.29) is 29.5 Å². The predicted molar refractivity (Wildman–Crippen MR) is 71.6 cm³/mol. The molecule has 0 aliphatic rings. The average molecular weight is 326 g/mol. The summed E-state index contributed by atoms with van der Waals surface area (Å²) in [4.78, 5) is 11.7. The second-order valence-corrected chi connectivity index (χ2v) is 4.69. The lowest BCUT2D eigenvalue weighted by molar-refractivity contribution is -0.189. The van der Waals surface area contributed by atoms with Crippen molar-refractivity contribution in [3.63, 3.8) is 0 Å². The van der Waals surface area contributed by atoms with Crippen LogP contribution in [0.15, 0.2) is 18.2 Å². The van der Waals surface area contributed by atoms with Gasteiger partial charge in [0, 0.05) is 18.7 Å². The normalized spacial score (nSPS) is 12.9. The molecule has 1 amide bonds. The van der Waals surface area contributed by atoms with Crippen LogP contribution in [-0.4, -0.2) is 36.4 Å². The van der Waals surface area contributed by atoms with Crippen molar-refractivity contribution in [3.8, 4) is 5.75 Å². The summed E-state index contributed by atoms with van der Waals surface area (Å²) >= 11 is 5.82. The molecule has 0 radical (unpaired) electrons. The topological polar surface area (TPSA) is 58.6 Å². The van der Waals surface area contributed by atoms with Gasteiger partial charge in [0.2, 0.25) is 0 Å². The number of halogens is 4. The summed E-state index contributed by atoms with van der Waals surface area (Å²) in [5, 5.41) is 11.0. The number of amides is 1. The number of rotatable bonds is 6. The highest BCUT2D eigenvalue weighted by molar-refractivity contribution is 6.32. The highest BCUT2D eigenvalue weighted by Gasteiger charge is 2.38. The minimum absolute atomic E-state index is 0.0524. The maximum atomic E-state index is 12.4. The van der Waals surface area contributed by atoms with E-state index in [2.05, 4.69) is 5.32 Å². The van der Waals surface area contributed by atoms with Gasteiger partial charge in [0.15, 0.2) is 6.10 Å². The average Bonchev–Trinajstić information content (AvgIpc) is 2.40. The molecular weight excluding hydrogens is 311 g/mol. The van der Waals surface area contributed by atoms with Gasteiger partial charge in [-0.3, -0.25) is 4.79 Å². The highest BCUT2D eigenvalue weighted by Crippen LogP contribution is 2.30. The molecule has 21 heavy (non-hydrogen) atoms. The van der Waals surface area contributed by atoms with Crippen LogP contribution in [-0.2, 0) is 0 Å². The van der Waals surface area contributed by atoms with E-state index in [1.54, 1.807) is 0 Å². The van der Waals surface area contributed by atoms with Gasteiger partial charge in [-0.25, -0.2) is 0 Å². The molecule has 0 aliphatic carbocycles. The number of hydrogen-bond donors (Lipinski definition) is 2.